The van der Waals surface area contributed by atoms with Gasteiger partial charge in [-0.05, 0) is 63.4 Å². The van der Waals surface area contributed by atoms with Crippen LogP contribution in [0.4, 0.5) is 0 Å². The molecule has 0 fully saturated rings. The van der Waals surface area contributed by atoms with Gasteiger partial charge < -0.3 is 9.15 Å². The molecular weight excluding hydrogens is 402 g/mol. The predicted molar refractivity (Wildman–Crippen MR) is 115 cm³/mol. The summed E-state index contributed by atoms with van der Waals surface area (Å²) >= 11 is 1.65. The van der Waals surface area contributed by atoms with E-state index in [0.717, 1.165) is 34.1 Å². The summed E-state index contributed by atoms with van der Waals surface area (Å²) in [5.74, 6) is 1.75. The summed E-state index contributed by atoms with van der Waals surface area (Å²) in [5.41, 5.74) is 1.81. The van der Waals surface area contributed by atoms with Crippen LogP contribution in [0.25, 0.3) is 10.8 Å². The monoisotopic (exact) mass is 429 g/mol. The molecule has 0 spiro atoms. The average Bonchev–Trinajstić information content (AvgIpc) is 3.35. The van der Waals surface area contributed by atoms with Crippen molar-refractivity contribution in [1.82, 2.24) is 4.98 Å². The number of aromatic nitrogens is 1. The highest BCUT2D eigenvalue weighted by molar-refractivity contribution is 7.15. The molecule has 30 heavy (non-hydrogen) atoms. The fourth-order valence-corrected chi connectivity index (χ4v) is 3.41. The van der Waals surface area contributed by atoms with Crippen LogP contribution in [0.15, 0.2) is 40.8 Å². The van der Waals surface area contributed by atoms with Crippen molar-refractivity contribution in [3.8, 4) is 16.5 Å². The molecule has 2 aromatic heterocycles. The van der Waals surface area contributed by atoms with Gasteiger partial charge in [0.1, 0.15) is 29.9 Å². The standard InChI is InChI=1S/C23H27NO5S/c1-5-15(2)28-29-22(25)13-9-18-7-10-19(11-8-18)26-14-20-17(4)27-23(24-20)21-12-6-16(3)30-21/h6-8,10-12,15H,5,9,13-14H2,1-4H3. The molecule has 0 radical (unpaired) electrons. The second kappa shape index (κ2) is 10.4. The van der Waals surface area contributed by atoms with Crippen LogP contribution in [0.5, 0.6) is 5.75 Å². The van der Waals surface area contributed by atoms with E-state index in [0.29, 0.717) is 18.9 Å². The molecule has 160 valence electrons. The van der Waals surface area contributed by atoms with Gasteiger partial charge in [0.05, 0.1) is 11.3 Å². The summed E-state index contributed by atoms with van der Waals surface area (Å²) in [4.78, 5) is 28.3. The quantitative estimate of drug-likeness (QED) is 0.299. The number of hydrogen-bond acceptors (Lipinski definition) is 7. The third-order valence-electron chi connectivity index (χ3n) is 4.64. The van der Waals surface area contributed by atoms with E-state index in [-0.39, 0.29) is 18.5 Å². The molecule has 0 aliphatic heterocycles. The Balaban J connectivity index is 1.48. The molecule has 0 aliphatic carbocycles. The molecule has 1 unspecified atom stereocenters. The lowest BCUT2D eigenvalue weighted by Crippen LogP contribution is -2.13. The average molecular weight is 430 g/mol. The van der Waals surface area contributed by atoms with E-state index >= 15 is 0 Å². The molecule has 3 rings (SSSR count). The number of aryl methyl sites for hydroxylation is 3. The molecule has 7 heteroatoms. The molecule has 0 aliphatic rings. The third kappa shape index (κ3) is 6.18. The number of carbonyl (C=O) groups excluding carboxylic acids is 1. The Morgan fingerprint density at radius 3 is 2.60 bits per heavy atom. The minimum atomic E-state index is -0.367. The van der Waals surface area contributed by atoms with Crippen LogP contribution in [0.2, 0.25) is 0 Å². The van der Waals surface area contributed by atoms with E-state index in [2.05, 4.69) is 18.0 Å². The molecule has 0 saturated carbocycles. The molecule has 6 nitrogen and oxygen atoms in total. The minimum absolute atomic E-state index is 0.0933. The van der Waals surface area contributed by atoms with E-state index in [9.17, 15) is 4.79 Å². The second-order valence-electron chi connectivity index (χ2n) is 7.14. The van der Waals surface area contributed by atoms with Crippen molar-refractivity contribution in [3.05, 3.63) is 58.3 Å². The Morgan fingerprint density at radius 1 is 1.17 bits per heavy atom. The molecule has 0 saturated heterocycles. The van der Waals surface area contributed by atoms with Crippen LogP contribution in [-0.2, 0) is 27.6 Å². The van der Waals surface area contributed by atoms with Gasteiger partial charge in [0.2, 0.25) is 5.89 Å². The van der Waals surface area contributed by atoms with Crippen LogP contribution in [0, 0.1) is 13.8 Å². The minimum Gasteiger partial charge on any atom is -0.487 e. The largest absolute Gasteiger partial charge is 0.487 e. The highest BCUT2D eigenvalue weighted by Gasteiger charge is 2.13. The van der Waals surface area contributed by atoms with Gasteiger partial charge in [0, 0.05) is 4.88 Å². The van der Waals surface area contributed by atoms with Crippen LogP contribution < -0.4 is 4.74 Å². The van der Waals surface area contributed by atoms with Crippen molar-refractivity contribution in [2.75, 3.05) is 0 Å². The molecule has 0 amide bonds. The Kier molecular flexibility index (Phi) is 7.65. The topological polar surface area (TPSA) is 70.8 Å². The maximum atomic E-state index is 11.7. The van der Waals surface area contributed by atoms with Gasteiger partial charge >= 0.3 is 5.97 Å². The Bertz CT molecular complexity index is 960. The summed E-state index contributed by atoms with van der Waals surface area (Å²) in [5, 5.41) is 0. The maximum Gasteiger partial charge on any atom is 0.342 e. The van der Waals surface area contributed by atoms with Gasteiger partial charge in [-0.2, -0.15) is 4.89 Å². The lowest BCUT2D eigenvalue weighted by atomic mass is 10.1. The number of carbonyl (C=O) groups is 1. The van der Waals surface area contributed by atoms with E-state index in [4.69, 9.17) is 18.9 Å². The van der Waals surface area contributed by atoms with Crippen LogP contribution in [0.3, 0.4) is 0 Å². The van der Waals surface area contributed by atoms with Crippen molar-refractivity contribution in [2.45, 2.75) is 59.7 Å². The number of ether oxygens (including phenoxy) is 1. The molecule has 2 heterocycles. The van der Waals surface area contributed by atoms with E-state index in [1.165, 1.54) is 4.88 Å². The highest BCUT2D eigenvalue weighted by atomic mass is 32.1. The fourth-order valence-electron chi connectivity index (χ4n) is 2.61. The number of rotatable bonds is 10. The van der Waals surface area contributed by atoms with Gasteiger partial charge in [-0.3, -0.25) is 4.89 Å². The molecule has 0 bridgehead atoms. The SMILES string of the molecule is CCC(C)OOC(=O)CCc1ccc(OCc2nc(-c3ccc(C)s3)oc2C)cc1. The first-order chi connectivity index (χ1) is 14.4. The van der Waals surface area contributed by atoms with E-state index in [1.54, 1.807) is 11.3 Å². The summed E-state index contributed by atoms with van der Waals surface area (Å²) in [7, 11) is 0. The zero-order valence-electron chi connectivity index (χ0n) is 17.8. The van der Waals surface area contributed by atoms with Gasteiger partial charge in [-0.1, -0.05) is 19.1 Å². The molecule has 1 atom stereocenters. The van der Waals surface area contributed by atoms with Crippen molar-refractivity contribution < 1.29 is 23.7 Å². The van der Waals surface area contributed by atoms with Crippen molar-refractivity contribution in [3.63, 3.8) is 0 Å². The molecule has 0 N–H and O–H groups in total. The highest BCUT2D eigenvalue weighted by Crippen LogP contribution is 2.29. The van der Waals surface area contributed by atoms with Gasteiger partial charge in [0.25, 0.3) is 0 Å². The van der Waals surface area contributed by atoms with E-state index < -0.39 is 0 Å². The maximum absolute atomic E-state index is 11.7. The zero-order valence-corrected chi connectivity index (χ0v) is 18.6. The number of oxazole rings is 1. The Morgan fingerprint density at radius 2 is 1.93 bits per heavy atom. The van der Waals surface area contributed by atoms with Gasteiger partial charge in [-0.25, -0.2) is 9.78 Å². The lowest BCUT2D eigenvalue weighted by molar-refractivity contribution is -0.294. The third-order valence-corrected chi connectivity index (χ3v) is 5.63. The molecule has 1 aromatic carbocycles. The molecular formula is C23H27NO5S. The van der Waals surface area contributed by atoms with Crippen molar-refractivity contribution in [1.29, 1.82) is 0 Å². The second-order valence-corrected chi connectivity index (χ2v) is 8.42. The fraction of sp³-hybridized carbons (Fsp3) is 0.391. The lowest BCUT2D eigenvalue weighted by Gasteiger charge is -2.09. The first-order valence-corrected chi connectivity index (χ1v) is 10.9. The van der Waals surface area contributed by atoms with Gasteiger partial charge in [0.15, 0.2) is 0 Å². The van der Waals surface area contributed by atoms with Crippen molar-refractivity contribution >= 4 is 17.3 Å². The van der Waals surface area contributed by atoms with Crippen LogP contribution in [-0.4, -0.2) is 17.1 Å². The van der Waals surface area contributed by atoms with Crippen LogP contribution in [0.1, 0.15) is 48.6 Å². The summed E-state index contributed by atoms with van der Waals surface area (Å²) in [6, 6.07) is 11.7. The predicted octanol–water partition coefficient (Wildman–Crippen LogP) is 5.80. The number of thiophene rings is 1. The molecule has 3 aromatic rings. The number of hydrogen-bond donors (Lipinski definition) is 0. The van der Waals surface area contributed by atoms with Crippen LogP contribution >= 0.6 is 11.3 Å². The Hall–Kier alpha value is -2.64. The number of nitrogens with zero attached hydrogens (tertiary/aromatic N) is 1. The first kappa shape index (κ1) is 22.1. The zero-order chi connectivity index (χ0) is 21.5. The smallest absolute Gasteiger partial charge is 0.342 e. The summed E-state index contributed by atoms with van der Waals surface area (Å²) in [6.07, 6.45) is 1.54. The number of benzene rings is 1. The van der Waals surface area contributed by atoms with Crippen molar-refractivity contribution in [2.24, 2.45) is 0 Å². The summed E-state index contributed by atoms with van der Waals surface area (Å²) < 4.78 is 11.6. The Labute approximate surface area is 180 Å². The normalized spacial score (nSPS) is 12.0. The van der Waals surface area contributed by atoms with Gasteiger partial charge in [-0.15, -0.1) is 11.3 Å². The first-order valence-electron chi connectivity index (χ1n) is 10.1. The summed E-state index contributed by atoms with van der Waals surface area (Å²) in [6.45, 7) is 8.11. The van der Waals surface area contributed by atoms with E-state index in [1.807, 2.05) is 51.1 Å².